The molecule has 1 aromatic carbocycles. The zero-order valence-electron chi connectivity index (χ0n) is 13.9. The van der Waals surface area contributed by atoms with Gasteiger partial charge >= 0.3 is 0 Å². The van der Waals surface area contributed by atoms with Crippen LogP contribution in [-0.2, 0) is 10.0 Å². The molecule has 0 N–H and O–H groups in total. The summed E-state index contributed by atoms with van der Waals surface area (Å²) in [6.45, 7) is 3.05. The molecule has 134 valence electrons. The molecule has 25 heavy (non-hydrogen) atoms. The first-order valence-electron chi connectivity index (χ1n) is 8.18. The van der Waals surface area contributed by atoms with Crippen molar-refractivity contribution in [2.24, 2.45) is 5.92 Å². The summed E-state index contributed by atoms with van der Waals surface area (Å²) in [5.41, 5.74) is 1.21. The summed E-state index contributed by atoms with van der Waals surface area (Å²) in [4.78, 5) is 0. The van der Waals surface area contributed by atoms with Gasteiger partial charge in [-0.3, -0.25) is 0 Å². The number of hydrogen-bond acceptors (Lipinski definition) is 5. The first-order valence-corrected chi connectivity index (χ1v) is 9.79. The number of ether oxygens (including phenoxy) is 1. The molecule has 1 aliphatic heterocycles. The normalized spacial score (nSPS) is 18.4. The van der Waals surface area contributed by atoms with Crippen LogP contribution in [0.1, 0.15) is 13.3 Å². The van der Waals surface area contributed by atoms with Crippen molar-refractivity contribution in [3.63, 3.8) is 0 Å². The number of rotatable bonds is 6. The van der Waals surface area contributed by atoms with E-state index in [1.807, 2.05) is 0 Å². The smallest absolute Gasteiger partial charge is 0.233 e. The SMILES string of the molecule is CCS(=O)(=O)N1CCC(COc2ccc(-c3cccc(F)c3)nn2)C1. The van der Waals surface area contributed by atoms with Gasteiger partial charge in [-0.1, -0.05) is 12.1 Å². The van der Waals surface area contributed by atoms with Gasteiger partial charge in [-0.05, 0) is 31.5 Å². The predicted octanol–water partition coefficient (Wildman–Crippen LogP) is 2.33. The number of sulfonamides is 1. The number of aromatic nitrogens is 2. The molecule has 6 nitrogen and oxygen atoms in total. The van der Waals surface area contributed by atoms with Crippen LogP contribution in [0.15, 0.2) is 36.4 Å². The second-order valence-electron chi connectivity index (χ2n) is 5.99. The monoisotopic (exact) mass is 365 g/mol. The molecule has 2 heterocycles. The van der Waals surface area contributed by atoms with Crippen LogP contribution in [0, 0.1) is 11.7 Å². The molecule has 1 aliphatic rings. The van der Waals surface area contributed by atoms with Crippen molar-refractivity contribution in [2.45, 2.75) is 13.3 Å². The second kappa shape index (κ2) is 7.45. The molecule has 1 atom stereocenters. The third-order valence-electron chi connectivity index (χ3n) is 4.23. The Bertz CT molecular complexity index is 827. The molecule has 0 saturated carbocycles. The molecule has 0 bridgehead atoms. The first kappa shape index (κ1) is 17.8. The Morgan fingerprint density at radius 3 is 2.80 bits per heavy atom. The first-order chi connectivity index (χ1) is 12.0. The van der Waals surface area contributed by atoms with E-state index in [1.54, 1.807) is 31.2 Å². The van der Waals surface area contributed by atoms with Gasteiger partial charge in [0.05, 0.1) is 18.1 Å². The van der Waals surface area contributed by atoms with Crippen LogP contribution in [0.5, 0.6) is 5.88 Å². The van der Waals surface area contributed by atoms with Crippen molar-refractivity contribution in [3.8, 4) is 17.1 Å². The van der Waals surface area contributed by atoms with Crippen molar-refractivity contribution in [3.05, 3.63) is 42.2 Å². The Hall–Kier alpha value is -2.06. The average Bonchev–Trinajstić information content (AvgIpc) is 3.10. The molecule has 3 rings (SSSR count). The molecule has 1 saturated heterocycles. The maximum absolute atomic E-state index is 13.2. The van der Waals surface area contributed by atoms with Crippen molar-refractivity contribution in [2.75, 3.05) is 25.4 Å². The highest BCUT2D eigenvalue weighted by Crippen LogP contribution is 2.22. The highest BCUT2D eigenvalue weighted by Gasteiger charge is 2.30. The quantitative estimate of drug-likeness (QED) is 0.786. The van der Waals surface area contributed by atoms with Crippen LogP contribution in [0.3, 0.4) is 0 Å². The van der Waals surface area contributed by atoms with Crippen molar-refractivity contribution in [1.82, 2.24) is 14.5 Å². The van der Waals surface area contributed by atoms with Crippen LogP contribution in [0.25, 0.3) is 11.3 Å². The van der Waals surface area contributed by atoms with Gasteiger partial charge in [0.1, 0.15) is 5.82 Å². The van der Waals surface area contributed by atoms with Crippen molar-refractivity contribution in [1.29, 1.82) is 0 Å². The van der Waals surface area contributed by atoms with Crippen molar-refractivity contribution < 1.29 is 17.5 Å². The Kier molecular flexibility index (Phi) is 5.29. The van der Waals surface area contributed by atoms with Gasteiger partial charge in [0.2, 0.25) is 15.9 Å². The third kappa shape index (κ3) is 4.32. The molecule has 8 heteroatoms. The van der Waals surface area contributed by atoms with E-state index in [1.165, 1.54) is 16.4 Å². The van der Waals surface area contributed by atoms with Gasteiger partial charge in [0.15, 0.2) is 0 Å². The highest BCUT2D eigenvalue weighted by atomic mass is 32.2. The van der Waals surface area contributed by atoms with Gasteiger partial charge in [0.25, 0.3) is 0 Å². The van der Waals surface area contributed by atoms with E-state index in [9.17, 15) is 12.8 Å². The summed E-state index contributed by atoms with van der Waals surface area (Å²) in [7, 11) is -3.13. The fourth-order valence-corrected chi connectivity index (χ4v) is 3.96. The molecule has 1 fully saturated rings. The molecule has 0 aliphatic carbocycles. The largest absolute Gasteiger partial charge is 0.476 e. The fourth-order valence-electron chi connectivity index (χ4n) is 2.77. The van der Waals surface area contributed by atoms with E-state index < -0.39 is 10.0 Å². The minimum atomic E-state index is -3.13. The number of halogens is 1. The Morgan fingerprint density at radius 2 is 2.12 bits per heavy atom. The average molecular weight is 365 g/mol. The molecule has 0 spiro atoms. The standard InChI is InChI=1S/C17H20FN3O3S/c1-2-25(22,23)21-9-8-13(11-21)12-24-17-7-6-16(19-20-17)14-4-3-5-15(18)10-14/h3-7,10,13H,2,8-9,11-12H2,1H3. The van der Waals surface area contributed by atoms with E-state index in [0.29, 0.717) is 36.8 Å². The number of hydrogen-bond donors (Lipinski definition) is 0. The lowest BCUT2D eigenvalue weighted by molar-refractivity contribution is 0.244. The van der Waals surface area contributed by atoms with Crippen LogP contribution >= 0.6 is 0 Å². The van der Waals surface area contributed by atoms with E-state index in [-0.39, 0.29) is 17.5 Å². The van der Waals surface area contributed by atoms with Gasteiger partial charge in [-0.15, -0.1) is 10.2 Å². The fraction of sp³-hybridized carbons (Fsp3) is 0.412. The minimum absolute atomic E-state index is 0.119. The Morgan fingerprint density at radius 1 is 1.28 bits per heavy atom. The van der Waals surface area contributed by atoms with Crippen LogP contribution in [0.2, 0.25) is 0 Å². The number of benzene rings is 1. The lowest BCUT2D eigenvalue weighted by Gasteiger charge is -2.15. The Balaban J connectivity index is 1.56. The molecule has 0 amide bonds. The molecular formula is C17H20FN3O3S. The molecule has 1 aromatic heterocycles. The summed E-state index contributed by atoms with van der Waals surface area (Å²) in [6.07, 6.45) is 0.772. The maximum Gasteiger partial charge on any atom is 0.233 e. The topological polar surface area (TPSA) is 72.4 Å². The van der Waals surface area contributed by atoms with E-state index in [2.05, 4.69) is 10.2 Å². The van der Waals surface area contributed by atoms with Crippen molar-refractivity contribution >= 4 is 10.0 Å². The summed E-state index contributed by atoms with van der Waals surface area (Å²) < 4.78 is 44.1. The minimum Gasteiger partial charge on any atom is -0.476 e. The van der Waals surface area contributed by atoms with E-state index in [0.717, 1.165) is 6.42 Å². The predicted molar refractivity (Wildman–Crippen MR) is 92.1 cm³/mol. The number of nitrogens with zero attached hydrogens (tertiary/aromatic N) is 3. The highest BCUT2D eigenvalue weighted by molar-refractivity contribution is 7.89. The molecular weight excluding hydrogens is 345 g/mol. The second-order valence-corrected chi connectivity index (χ2v) is 8.25. The van der Waals surface area contributed by atoms with Gasteiger partial charge < -0.3 is 4.74 Å². The zero-order chi connectivity index (χ0) is 17.9. The van der Waals surface area contributed by atoms with Gasteiger partial charge in [-0.25, -0.2) is 17.1 Å². The summed E-state index contributed by atoms with van der Waals surface area (Å²) >= 11 is 0. The zero-order valence-corrected chi connectivity index (χ0v) is 14.7. The van der Waals surface area contributed by atoms with Gasteiger partial charge in [-0.2, -0.15) is 0 Å². The maximum atomic E-state index is 13.2. The molecule has 2 aromatic rings. The van der Waals surface area contributed by atoms with E-state index in [4.69, 9.17) is 4.74 Å². The van der Waals surface area contributed by atoms with E-state index >= 15 is 0 Å². The summed E-state index contributed by atoms with van der Waals surface area (Å²) in [5, 5.41) is 8.06. The summed E-state index contributed by atoms with van der Waals surface area (Å²) in [5.74, 6) is 0.309. The molecule has 1 unspecified atom stereocenters. The lowest BCUT2D eigenvalue weighted by atomic mass is 10.1. The van der Waals surface area contributed by atoms with Crippen LogP contribution < -0.4 is 4.74 Å². The third-order valence-corrected chi connectivity index (χ3v) is 6.08. The lowest BCUT2D eigenvalue weighted by Crippen LogP contribution is -2.30. The van der Waals surface area contributed by atoms with Gasteiger partial charge in [0, 0.05) is 30.6 Å². The Labute approximate surface area is 146 Å². The molecule has 0 radical (unpaired) electrons. The summed E-state index contributed by atoms with van der Waals surface area (Å²) in [6, 6.07) is 9.55. The van der Waals surface area contributed by atoms with Crippen LogP contribution in [-0.4, -0.2) is 48.4 Å². The van der Waals surface area contributed by atoms with Crippen LogP contribution in [0.4, 0.5) is 4.39 Å².